The van der Waals surface area contributed by atoms with Gasteiger partial charge in [0.1, 0.15) is 21.5 Å². The standard InChI is InChI=1S/C28H31N5O4S2/c1-19-6-4-11-32-24(19)29-25(31-15-13-30(14-16-31)20-7-9-21(37-3)10-8-20)22(26(32)34)18-23-27(35)33(28(38)39-23)12-5-17-36-2/h4,6-11,18H,5,12-17H2,1-3H3/b23-18+. The van der Waals surface area contributed by atoms with Crippen molar-refractivity contribution in [3.8, 4) is 5.75 Å². The molecule has 2 aliphatic heterocycles. The van der Waals surface area contributed by atoms with Gasteiger partial charge in [-0.25, -0.2) is 4.98 Å². The van der Waals surface area contributed by atoms with Crippen molar-refractivity contribution in [2.24, 2.45) is 0 Å². The molecule has 0 unspecified atom stereocenters. The number of nitrogens with zero attached hydrogens (tertiary/aromatic N) is 5. The molecule has 0 radical (unpaired) electrons. The van der Waals surface area contributed by atoms with Crippen LogP contribution in [0.3, 0.4) is 0 Å². The fourth-order valence-electron chi connectivity index (χ4n) is 4.83. The highest BCUT2D eigenvalue weighted by molar-refractivity contribution is 8.26. The van der Waals surface area contributed by atoms with E-state index < -0.39 is 0 Å². The number of aryl methyl sites for hydroxylation is 1. The van der Waals surface area contributed by atoms with Crippen molar-refractivity contribution in [2.45, 2.75) is 13.3 Å². The van der Waals surface area contributed by atoms with Gasteiger partial charge in [-0.3, -0.25) is 18.9 Å². The Hall–Kier alpha value is -3.41. The molecule has 3 aromatic rings. The van der Waals surface area contributed by atoms with E-state index in [0.29, 0.717) is 58.9 Å². The van der Waals surface area contributed by atoms with E-state index in [1.54, 1.807) is 35.8 Å². The molecule has 0 aliphatic carbocycles. The highest BCUT2D eigenvalue weighted by Crippen LogP contribution is 2.34. The lowest BCUT2D eigenvalue weighted by atomic mass is 10.2. The molecule has 0 spiro atoms. The first-order valence-corrected chi connectivity index (χ1v) is 14.0. The van der Waals surface area contributed by atoms with Gasteiger partial charge in [0.05, 0.1) is 17.6 Å². The van der Waals surface area contributed by atoms with Gasteiger partial charge >= 0.3 is 0 Å². The van der Waals surface area contributed by atoms with Crippen LogP contribution in [0.4, 0.5) is 11.5 Å². The average Bonchev–Trinajstić information content (AvgIpc) is 3.22. The highest BCUT2D eigenvalue weighted by atomic mass is 32.2. The largest absolute Gasteiger partial charge is 0.497 e. The third-order valence-electron chi connectivity index (χ3n) is 6.96. The minimum absolute atomic E-state index is 0.190. The van der Waals surface area contributed by atoms with Crippen LogP contribution in [0.1, 0.15) is 17.5 Å². The number of methoxy groups -OCH3 is 2. The number of amides is 1. The summed E-state index contributed by atoms with van der Waals surface area (Å²) < 4.78 is 12.4. The molecule has 2 saturated heterocycles. The van der Waals surface area contributed by atoms with Crippen molar-refractivity contribution in [1.82, 2.24) is 14.3 Å². The summed E-state index contributed by atoms with van der Waals surface area (Å²) in [6, 6.07) is 11.8. The summed E-state index contributed by atoms with van der Waals surface area (Å²) in [6.45, 7) is 5.85. The number of rotatable bonds is 8. The summed E-state index contributed by atoms with van der Waals surface area (Å²) in [5.74, 6) is 1.22. The van der Waals surface area contributed by atoms with Crippen molar-refractivity contribution < 1.29 is 14.3 Å². The number of carbonyl (C=O) groups excluding carboxylic acids is 1. The molecule has 204 valence electrons. The van der Waals surface area contributed by atoms with E-state index in [1.165, 1.54) is 11.8 Å². The Bertz CT molecular complexity index is 1480. The molecule has 11 heteroatoms. The number of benzene rings is 1. The summed E-state index contributed by atoms with van der Waals surface area (Å²) in [5, 5.41) is 0. The molecule has 1 aromatic carbocycles. The number of piperazine rings is 1. The van der Waals surface area contributed by atoms with E-state index in [1.807, 2.05) is 31.2 Å². The lowest BCUT2D eigenvalue weighted by Gasteiger charge is -2.37. The summed E-state index contributed by atoms with van der Waals surface area (Å²) in [6.07, 6.45) is 4.07. The summed E-state index contributed by atoms with van der Waals surface area (Å²) >= 11 is 6.71. The van der Waals surface area contributed by atoms with Gasteiger partial charge < -0.3 is 19.3 Å². The summed E-state index contributed by atoms with van der Waals surface area (Å²) in [4.78, 5) is 38.5. The Kier molecular flexibility index (Phi) is 8.20. The smallest absolute Gasteiger partial charge is 0.267 e. The van der Waals surface area contributed by atoms with E-state index in [9.17, 15) is 9.59 Å². The minimum Gasteiger partial charge on any atom is -0.497 e. The van der Waals surface area contributed by atoms with E-state index in [2.05, 4.69) is 21.9 Å². The lowest BCUT2D eigenvalue weighted by molar-refractivity contribution is -0.122. The molecule has 0 atom stereocenters. The normalized spacial score (nSPS) is 17.1. The number of hydrogen-bond acceptors (Lipinski definition) is 9. The molecular weight excluding hydrogens is 534 g/mol. The van der Waals surface area contributed by atoms with Crippen LogP contribution in [0.15, 0.2) is 52.3 Å². The van der Waals surface area contributed by atoms with Crippen LogP contribution < -0.4 is 20.1 Å². The SMILES string of the molecule is COCCCN1C(=O)/C(=C\c2c(N3CCN(c4ccc(OC)cc4)CC3)nc3c(C)cccn3c2=O)SC1=S. The van der Waals surface area contributed by atoms with E-state index in [0.717, 1.165) is 30.1 Å². The van der Waals surface area contributed by atoms with Crippen molar-refractivity contribution >= 4 is 57.4 Å². The van der Waals surface area contributed by atoms with Gasteiger partial charge in [0.2, 0.25) is 0 Å². The number of carbonyl (C=O) groups is 1. The predicted octanol–water partition coefficient (Wildman–Crippen LogP) is 3.58. The fraction of sp³-hybridized carbons (Fsp3) is 0.357. The van der Waals surface area contributed by atoms with Gasteiger partial charge in [-0.05, 0) is 55.3 Å². The number of anilines is 2. The number of fused-ring (bicyclic) bond motifs is 1. The summed E-state index contributed by atoms with van der Waals surface area (Å²) in [5.41, 5.74) is 2.83. The van der Waals surface area contributed by atoms with E-state index >= 15 is 0 Å². The Morgan fingerprint density at radius 1 is 1.05 bits per heavy atom. The average molecular weight is 566 g/mol. The van der Waals surface area contributed by atoms with Crippen LogP contribution in [0, 0.1) is 6.92 Å². The molecule has 5 rings (SSSR count). The Morgan fingerprint density at radius 2 is 1.77 bits per heavy atom. The highest BCUT2D eigenvalue weighted by Gasteiger charge is 2.33. The molecule has 9 nitrogen and oxygen atoms in total. The van der Waals surface area contributed by atoms with Crippen LogP contribution in [-0.2, 0) is 9.53 Å². The van der Waals surface area contributed by atoms with Crippen LogP contribution in [0.5, 0.6) is 5.75 Å². The van der Waals surface area contributed by atoms with E-state index in [4.69, 9.17) is 26.7 Å². The third-order valence-corrected chi connectivity index (χ3v) is 8.34. The first kappa shape index (κ1) is 27.2. The van der Waals surface area contributed by atoms with Crippen molar-refractivity contribution in [3.05, 3.63) is 69.0 Å². The third kappa shape index (κ3) is 5.52. The second-order valence-corrected chi connectivity index (χ2v) is 11.1. The molecule has 1 amide bonds. The van der Waals surface area contributed by atoms with Crippen LogP contribution in [-0.4, -0.2) is 78.1 Å². The molecule has 39 heavy (non-hydrogen) atoms. The molecule has 0 saturated carbocycles. The van der Waals surface area contributed by atoms with Gasteiger partial charge in [0.25, 0.3) is 11.5 Å². The monoisotopic (exact) mass is 565 g/mol. The van der Waals surface area contributed by atoms with Crippen molar-refractivity contribution in [2.75, 3.05) is 63.4 Å². The second kappa shape index (κ2) is 11.8. The molecule has 2 aromatic heterocycles. The number of thiocarbonyl (C=S) groups is 1. The molecular formula is C28H31N5O4S2. The van der Waals surface area contributed by atoms with Crippen molar-refractivity contribution in [1.29, 1.82) is 0 Å². The van der Waals surface area contributed by atoms with Gasteiger partial charge in [0, 0.05) is 58.3 Å². The summed E-state index contributed by atoms with van der Waals surface area (Å²) in [7, 11) is 3.29. The minimum atomic E-state index is -0.207. The Morgan fingerprint density at radius 3 is 2.46 bits per heavy atom. The lowest BCUT2D eigenvalue weighted by Crippen LogP contribution is -2.47. The van der Waals surface area contributed by atoms with Gasteiger partial charge in [-0.15, -0.1) is 0 Å². The van der Waals surface area contributed by atoms with E-state index in [-0.39, 0.29) is 11.5 Å². The quantitative estimate of drug-likeness (QED) is 0.231. The zero-order valence-electron chi connectivity index (χ0n) is 22.3. The topological polar surface area (TPSA) is 79.6 Å². The van der Waals surface area contributed by atoms with Gasteiger partial charge in [0.15, 0.2) is 0 Å². The predicted molar refractivity (Wildman–Crippen MR) is 160 cm³/mol. The Balaban J connectivity index is 1.48. The van der Waals surface area contributed by atoms with Crippen LogP contribution in [0.25, 0.3) is 11.7 Å². The number of ether oxygens (including phenoxy) is 2. The first-order valence-electron chi connectivity index (χ1n) is 12.8. The van der Waals surface area contributed by atoms with Crippen LogP contribution in [0.2, 0.25) is 0 Å². The van der Waals surface area contributed by atoms with Gasteiger partial charge in [-0.2, -0.15) is 0 Å². The number of aromatic nitrogens is 2. The van der Waals surface area contributed by atoms with Crippen LogP contribution >= 0.6 is 24.0 Å². The molecule has 0 N–H and O–H groups in total. The van der Waals surface area contributed by atoms with Gasteiger partial charge in [-0.1, -0.05) is 30.0 Å². The first-order chi connectivity index (χ1) is 18.9. The number of thioether (sulfide) groups is 1. The molecule has 4 heterocycles. The zero-order valence-corrected chi connectivity index (χ0v) is 23.9. The molecule has 2 aliphatic rings. The maximum absolute atomic E-state index is 13.8. The number of pyridine rings is 1. The zero-order chi connectivity index (χ0) is 27.5. The maximum atomic E-state index is 13.8. The van der Waals surface area contributed by atoms with Crippen molar-refractivity contribution in [3.63, 3.8) is 0 Å². The fourth-order valence-corrected chi connectivity index (χ4v) is 6.12. The molecule has 2 fully saturated rings. The maximum Gasteiger partial charge on any atom is 0.267 e. The number of hydrogen-bond donors (Lipinski definition) is 0. The molecule has 0 bridgehead atoms. The Labute approximate surface area is 237 Å². The second-order valence-electron chi connectivity index (χ2n) is 9.39.